The molecule has 0 aromatic heterocycles. The highest BCUT2D eigenvalue weighted by molar-refractivity contribution is 8.76. The van der Waals surface area contributed by atoms with E-state index in [0.29, 0.717) is 42.6 Å². The number of piperidine rings is 1. The molecular weight excluding hydrogens is 887 g/mol. The molecule has 4 fully saturated rings. The highest BCUT2D eigenvalue weighted by atomic mass is 33.1. The molecule has 67 heavy (non-hydrogen) atoms. The van der Waals surface area contributed by atoms with Crippen LogP contribution in [0.15, 0.2) is 41.4 Å². The lowest BCUT2D eigenvalue weighted by molar-refractivity contribution is -0.152. The van der Waals surface area contributed by atoms with Crippen LogP contribution in [0.2, 0.25) is 0 Å². The Morgan fingerprint density at radius 3 is 2.75 bits per heavy atom. The standard InChI is InChI=1S/C52H73N5O8S2/c1-31(58)64-42-23-37(59)12-16-51-15-11-34-20-32-8-10-45(52(27-32)28-38(13-17-55-52)65-43-22-35(21-39(34)42)40(47(62)63)24-41(43)60)54-18-19-66-67-30-50(57-48(53)56-44(51)5-2-6-46(51)61)26-33-7-9-36-4-3-14-49(36,25-33)29-50/h2,5,7,9,22,24,32-34,36-39,42,44-47,54-55,59-63H,3-4,6,8,10,12-14,16-21,23,25-30H2,1H3,(H3,53,56,57)/t32-,33+,34-,36+,37-,38-,39-,42-,44+,45-,46+,49-,50-,51-,52+/m0/s1. The molecule has 13 nitrogen and oxygen atoms in total. The van der Waals surface area contributed by atoms with E-state index in [1.54, 1.807) is 6.07 Å². The van der Waals surface area contributed by atoms with E-state index < -0.39 is 53.9 Å². The molecule has 15 atom stereocenters. The van der Waals surface area contributed by atoms with Gasteiger partial charge in [0, 0.05) is 66.8 Å². The van der Waals surface area contributed by atoms with Crippen LogP contribution in [0.1, 0.15) is 127 Å². The number of fused-ring (bicyclic) bond motifs is 11. The number of benzene rings is 1. The van der Waals surface area contributed by atoms with Gasteiger partial charge >= 0.3 is 5.97 Å². The van der Waals surface area contributed by atoms with Gasteiger partial charge in [0.2, 0.25) is 0 Å². The monoisotopic (exact) mass is 959 g/mol. The number of nitrogens with one attached hydrogen (secondary N) is 3. The summed E-state index contributed by atoms with van der Waals surface area (Å²) in [6, 6.07) is 2.65. The second-order valence-corrected chi connectivity index (χ2v) is 24.8. The number of allylic oxidation sites excluding steroid dienone is 2. The molecule has 15 heteroatoms. The molecule has 4 heterocycles. The van der Waals surface area contributed by atoms with E-state index in [9.17, 15) is 30.3 Å². The van der Waals surface area contributed by atoms with Crippen molar-refractivity contribution >= 4 is 33.5 Å². The van der Waals surface area contributed by atoms with Gasteiger partial charge in [0.25, 0.3) is 0 Å². The van der Waals surface area contributed by atoms with Crippen LogP contribution in [0.25, 0.3) is 0 Å². The van der Waals surface area contributed by atoms with Gasteiger partial charge in [0.1, 0.15) is 12.2 Å². The number of esters is 1. The predicted molar refractivity (Wildman–Crippen MR) is 262 cm³/mol. The third-order valence-corrected chi connectivity index (χ3v) is 20.4. The number of aliphatic imine (C=N–C) groups is 1. The molecule has 0 amide bonds. The van der Waals surface area contributed by atoms with Gasteiger partial charge in [-0.15, -0.1) is 0 Å². The summed E-state index contributed by atoms with van der Waals surface area (Å²) in [7, 11) is 3.86. The molecule has 3 saturated carbocycles. The molecular formula is C52H73N5O8S2. The van der Waals surface area contributed by atoms with Crippen molar-refractivity contribution < 1.29 is 39.8 Å². The number of rotatable bonds is 2. The molecule has 11 rings (SSSR count). The normalized spacial score (nSPS) is 43.0. The van der Waals surface area contributed by atoms with Gasteiger partial charge in [-0.3, -0.25) is 4.79 Å². The van der Waals surface area contributed by atoms with Gasteiger partial charge in [-0.25, -0.2) is 4.99 Å². The van der Waals surface area contributed by atoms with Crippen molar-refractivity contribution in [3.63, 3.8) is 0 Å². The van der Waals surface area contributed by atoms with Crippen LogP contribution in [-0.4, -0.2) is 110 Å². The van der Waals surface area contributed by atoms with Crippen molar-refractivity contribution in [2.75, 3.05) is 24.6 Å². The Bertz CT molecular complexity index is 2170. The maximum atomic E-state index is 13.0. The lowest BCUT2D eigenvalue weighted by Crippen LogP contribution is -2.66. The molecule has 366 valence electrons. The summed E-state index contributed by atoms with van der Waals surface area (Å²) in [6.45, 7) is 2.97. The third kappa shape index (κ3) is 9.65. The van der Waals surface area contributed by atoms with Gasteiger partial charge in [-0.1, -0.05) is 64.2 Å². The van der Waals surface area contributed by atoms with E-state index in [1.807, 2.05) is 33.7 Å². The molecule has 10 bridgehead atoms. The Morgan fingerprint density at radius 1 is 1.01 bits per heavy atom. The highest BCUT2D eigenvalue weighted by Gasteiger charge is 2.55. The van der Waals surface area contributed by atoms with Gasteiger partial charge in [0.15, 0.2) is 23.7 Å². The number of carbonyl (C=O) groups excluding carboxylic acids is 1. The van der Waals surface area contributed by atoms with Gasteiger partial charge in [0.05, 0.1) is 29.2 Å². The number of aliphatic hydroxyl groups excluding tert-OH is 3. The number of nitrogens with zero attached hydrogens (tertiary/aromatic N) is 1. The maximum Gasteiger partial charge on any atom is 0.302 e. The van der Waals surface area contributed by atoms with Crippen LogP contribution < -0.4 is 26.4 Å². The lowest BCUT2D eigenvalue weighted by Gasteiger charge is -2.53. The molecule has 4 spiro atoms. The van der Waals surface area contributed by atoms with Crippen LogP contribution >= 0.6 is 21.6 Å². The molecule has 10 N–H and O–H groups in total. The van der Waals surface area contributed by atoms with Crippen molar-refractivity contribution in [2.24, 2.45) is 51.1 Å². The van der Waals surface area contributed by atoms with Gasteiger partial charge in [-0.05, 0) is 137 Å². The summed E-state index contributed by atoms with van der Waals surface area (Å²) >= 11 is 0. The predicted octanol–water partition coefficient (Wildman–Crippen LogP) is 5.53. The van der Waals surface area contributed by atoms with Crippen molar-refractivity contribution in [1.29, 1.82) is 0 Å². The molecule has 1 aromatic rings. The number of aromatic hydroxyl groups is 1. The summed E-state index contributed by atoms with van der Waals surface area (Å²) in [5, 5.41) is 69.4. The smallest absolute Gasteiger partial charge is 0.302 e. The Hall–Kier alpha value is -2.94. The molecule has 4 aliphatic heterocycles. The van der Waals surface area contributed by atoms with Crippen LogP contribution in [0.5, 0.6) is 11.5 Å². The number of aliphatic hydroxyl groups is 4. The molecule has 0 radical (unpaired) electrons. The number of carbonyl (C=O) groups is 1. The fourth-order valence-corrected chi connectivity index (χ4v) is 17.4. The number of hydrogen-bond acceptors (Lipinski definition) is 15. The van der Waals surface area contributed by atoms with E-state index in [4.69, 9.17) is 20.2 Å². The fourth-order valence-electron chi connectivity index (χ4n) is 14.9. The topological polar surface area (TPSA) is 211 Å². The first-order valence-electron chi connectivity index (χ1n) is 25.4. The summed E-state index contributed by atoms with van der Waals surface area (Å²) in [4.78, 5) is 18.4. The maximum absolute atomic E-state index is 13.0. The SMILES string of the molecule is CC(=O)O[C@H]1C[C@@H](O)CC[C@@]23C#C[C@H]4C[C@@H]5CC[C@H](NCCSSC[C@@]6(C[C@@H]7C=C[C@H]8CCC[C@]8(C7)C6)NC(N)=N[C@@H]2C=CC[C@H]3O)[C@@]2(C5)C[C@H](CCN2)Oc2cc(c(C(O)O)cc2O)C[C@H]14. The van der Waals surface area contributed by atoms with Crippen LogP contribution in [0.4, 0.5) is 0 Å². The molecule has 1 aromatic carbocycles. The number of phenols is 1. The molecule has 1 saturated heterocycles. The van der Waals surface area contributed by atoms with Crippen molar-refractivity contribution in [3.05, 3.63) is 47.6 Å². The minimum absolute atomic E-state index is 0.126. The lowest BCUT2D eigenvalue weighted by atomic mass is 9.56. The zero-order valence-corrected chi connectivity index (χ0v) is 40.7. The first-order valence-corrected chi connectivity index (χ1v) is 27.9. The largest absolute Gasteiger partial charge is 0.504 e. The zero-order valence-electron chi connectivity index (χ0n) is 39.0. The van der Waals surface area contributed by atoms with E-state index >= 15 is 0 Å². The van der Waals surface area contributed by atoms with Crippen LogP contribution in [0.3, 0.4) is 0 Å². The number of guanidine groups is 1. The Morgan fingerprint density at radius 2 is 1.90 bits per heavy atom. The minimum Gasteiger partial charge on any atom is -0.504 e. The number of ether oxygens (including phenoxy) is 2. The summed E-state index contributed by atoms with van der Waals surface area (Å²) in [6.07, 6.45) is 17.5. The fraction of sp³-hybridized carbons (Fsp3) is 0.731. The van der Waals surface area contributed by atoms with E-state index in [2.05, 4.69) is 39.9 Å². The van der Waals surface area contributed by atoms with Crippen molar-refractivity contribution in [1.82, 2.24) is 16.0 Å². The van der Waals surface area contributed by atoms with E-state index in [-0.39, 0.29) is 70.9 Å². The minimum atomic E-state index is -1.90. The van der Waals surface area contributed by atoms with Crippen LogP contribution in [-0.2, 0) is 16.0 Å². The van der Waals surface area contributed by atoms with Crippen LogP contribution in [0, 0.1) is 52.3 Å². The first kappa shape index (κ1) is 47.7. The average Bonchev–Trinajstić information content (AvgIpc) is 3.67. The quantitative estimate of drug-likeness (QED) is 0.0587. The highest BCUT2D eigenvalue weighted by Crippen LogP contribution is 2.60. The van der Waals surface area contributed by atoms with Gasteiger partial charge in [-0.2, -0.15) is 0 Å². The second-order valence-electron chi connectivity index (χ2n) is 22.2. The Labute approximate surface area is 404 Å². The van der Waals surface area contributed by atoms with Crippen molar-refractivity contribution in [2.45, 2.75) is 170 Å². The van der Waals surface area contributed by atoms with E-state index in [1.165, 1.54) is 38.7 Å². The molecule has 10 aliphatic rings. The first-order chi connectivity index (χ1) is 32.2. The summed E-state index contributed by atoms with van der Waals surface area (Å²) < 4.78 is 13.0. The number of hydrogen-bond donors (Lipinski definition) is 9. The molecule has 0 unspecified atom stereocenters. The number of phenolic OH excluding ortho intramolecular Hbond substituents is 1. The summed E-state index contributed by atoms with van der Waals surface area (Å²) in [5.41, 5.74) is 6.39. The Balaban J connectivity index is 1.12. The molecule has 6 aliphatic carbocycles. The third-order valence-electron chi connectivity index (χ3n) is 17.8. The second kappa shape index (κ2) is 19.3. The van der Waals surface area contributed by atoms with Gasteiger partial charge < -0.3 is 56.7 Å². The summed E-state index contributed by atoms with van der Waals surface area (Å²) in [5.74, 6) is 9.64. The zero-order chi connectivity index (χ0) is 46.6. The van der Waals surface area contributed by atoms with E-state index in [0.717, 1.165) is 69.5 Å². The average molecular weight is 960 g/mol. The van der Waals surface area contributed by atoms with Crippen molar-refractivity contribution in [3.8, 4) is 23.3 Å². The number of nitrogens with two attached hydrogens (primary N) is 1. The Kier molecular flexibility index (Phi) is 13.8.